The van der Waals surface area contributed by atoms with Gasteiger partial charge >= 0.3 is 0 Å². The summed E-state index contributed by atoms with van der Waals surface area (Å²) in [5.41, 5.74) is 0. The van der Waals surface area contributed by atoms with Crippen LogP contribution >= 0.6 is 0 Å². The predicted molar refractivity (Wildman–Crippen MR) is 26.7 cm³/mol. The Balaban J connectivity index is 2.20. The molecule has 1 heterocycles. The normalized spacial score (nSPS) is 36.0. The molecule has 0 aromatic rings. The minimum absolute atomic E-state index is 0.866. The highest BCUT2D eigenvalue weighted by Crippen LogP contribution is 2.11. The second-order valence-electron chi connectivity index (χ2n) is 2.12. The van der Waals surface area contributed by atoms with E-state index in [1.165, 1.54) is 13.0 Å². The van der Waals surface area contributed by atoms with Gasteiger partial charge in [-0.25, -0.2) is 0 Å². The zero-order chi connectivity index (χ0) is 4.57. The number of rotatable bonds is 0. The van der Waals surface area contributed by atoms with Crippen molar-refractivity contribution in [2.24, 2.45) is 0 Å². The minimum Gasteiger partial charge on any atom is -0.304 e. The molecule has 1 saturated heterocycles. The topological polar surface area (TPSA) is 3.24 Å². The average molecular weight is 85.1 g/mol. The van der Waals surface area contributed by atoms with Gasteiger partial charge in [-0.3, -0.25) is 0 Å². The van der Waals surface area contributed by atoms with Gasteiger partial charge in [0.1, 0.15) is 0 Å². The molecule has 0 amide bonds. The molecule has 0 spiro atoms. The van der Waals surface area contributed by atoms with E-state index in [-0.39, 0.29) is 0 Å². The third kappa shape index (κ3) is 0.432. The first-order chi connectivity index (χ1) is 2.80. The van der Waals surface area contributed by atoms with Crippen LogP contribution in [0.3, 0.4) is 0 Å². The van der Waals surface area contributed by atoms with E-state index in [1.807, 2.05) is 0 Å². The highest BCUT2D eigenvalue weighted by molar-refractivity contribution is 4.73. The summed E-state index contributed by atoms with van der Waals surface area (Å²) in [6.45, 7) is 3.56. The summed E-state index contributed by atoms with van der Waals surface area (Å²) < 4.78 is 0. The highest BCUT2D eigenvalue weighted by atomic mass is 15.2. The van der Waals surface area contributed by atoms with Crippen molar-refractivity contribution in [3.05, 3.63) is 0 Å². The average Bonchev–Trinajstić information content (AvgIpc) is 1.61. The maximum absolute atomic E-state index is 2.35. The van der Waals surface area contributed by atoms with Crippen molar-refractivity contribution in [3.63, 3.8) is 0 Å². The molecule has 0 aromatic carbocycles. The van der Waals surface area contributed by atoms with Crippen molar-refractivity contribution in [3.8, 4) is 0 Å². The van der Waals surface area contributed by atoms with Crippen molar-refractivity contribution < 1.29 is 0 Å². The molecule has 1 rings (SSSR count). The van der Waals surface area contributed by atoms with Gasteiger partial charge in [-0.05, 0) is 26.9 Å². The van der Waals surface area contributed by atoms with Crippen LogP contribution in [0.1, 0.15) is 13.3 Å². The van der Waals surface area contributed by atoms with E-state index >= 15 is 0 Å². The van der Waals surface area contributed by atoms with Crippen LogP contribution in [-0.4, -0.2) is 24.5 Å². The third-order valence-corrected chi connectivity index (χ3v) is 1.65. The number of hydrogen-bond acceptors (Lipinski definition) is 1. The first-order valence-electron chi connectivity index (χ1n) is 2.51. The van der Waals surface area contributed by atoms with Gasteiger partial charge in [-0.1, -0.05) is 0 Å². The standard InChI is InChI=1S/C5H11N/c1-5-3-4-6(5)2/h5H,3-4H2,1-2H3/t5-/m1/s1. The summed E-state index contributed by atoms with van der Waals surface area (Å²) >= 11 is 0. The molecule has 0 N–H and O–H groups in total. The van der Waals surface area contributed by atoms with Gasteiger partial charge in [-0.2, -0.15) is 0 Å². The molecule has 1 heteroatoms. The van der Waals surface area contributed by atoms with Crippen molar-refractivity contribution in [2.75, 3.05) is 13.6 Å². The van der Waals surface area contributed by atoms with Crippen LogP contribution in [0, 0.1) is 0 Å². The Morgan fingerprint density at radius 3 is 2.17 bits per heavy atom. The Bertz CT molecular complexity index is 43.9. The SMILES string of the molecule is C[C@@H]1CCN1C. The van der Waals surface area contributed by atoms with Crippen LogP contribution in [0.25, 0.3) is 0 Å². The fourth-order valence-electron chi connectivity index (χ4n) is 0.645. The lowest BCUT2D eigenvalue weighted by Gasteiger charge is -2.34. The first-order valence-corrected chi connectivity index (χ1v) is 2.51. The molecule has 6 heavy (non-hydrogen) atoms. The molecule has 0 bridgehead atoms. The minimum atomic E-state index is 0.866. The monoisotopic (exact) mass is 85.1 g/mol. The lowest BCUT2D eigenvalue weighted by molar-refractivity contribution is 0.143. The van der Waals surface area contributed by atoms with Crippen molar-refractivity contribution in [1.82, 2.24) is 4.90 Å². The van der Waals surface area contributed by atoms with Gasteiger partial charge < -0.3 is 4.90 Å². The quantitative estimate of drug-likeness (QED) is 0.418. The van der Waals surface area contributed by atoms with E-state index in [9.17, 15) is 0 Å². The van der Waals surface area contributed by atoms with Crippen LogP contribution in [-0.2, 0) is 0 Å². The molecular formula is C5H11N. The fraction of sp³-hybridized carbons (Fsp3) is 1.00. The molecule has 1 nitrogen and oxygen atoms in total. The van der Waals surface area contributed by atoms with E-state index in [0.717, 1.165) is 6.04 Å². The van der Waals surface area contributed by atoms with Crippen molar-refractivity contribution in [2.45, 2.75) is 19.4 Å². The van der Waals surface area contributed by atoms with Gasteiger partial charge in [0.25, 0.3) is 0 Å². The summed E-state index contributed by atoms with van der Waals surface area (Å²) in [7, 11) is 2.16. The molecule has 0 radical (unpaired) electrons. The van der Waals surface area contributed by atoms with Crippen LogP contribution in [0.2, 0.25) is 0 Å². The van der Waals surface area contributed by atoms with Gasteiger partial charge in [0.2, 0.25) is 0 Å². The van der Waals surface area contributed by atoms with Crippen molar-refractivity contribution in [1.29, 1.82) is 0 Å². The molecule has 1 aliphatic rings. The second kappa shape index (κ2) is 1.23. The van der Waals surface area contributed by atoms with E-state index in [4.69, 9.17) is 0 Å². The van der Waals surface area contributed by atoms with Crippen LogP contribution in [0.15, 0.2) is 0 Å². The van der Waals surface area contributed by atoms with E-state index in [0.29, 0.717) is 0 Å². The molecule has 36 valence electrons. The molecular weight excluding hydrogens is 74.1 g/mol. The Kier molecular flexibility index (Phi) is 0.845. The molecule has 0 saturated carbocycles. The summed E-state index contributed by atoms with van der Waals surface area (Å²) in [4.78, 5) is 2.35. The smallest absolute Gasteiger partial charge is 0.00760 e. The highest BCUT2D eigenvalue weighted by Gasteiger charge is 2.17. The maximum atomic E-state index is 2.35. The van der Waals surface area contributed by atoms with Crippen LogP contribution < -0.4 is 0 Å². The van der Waals surface area contributed by atoms with Gasteiger partial charge in [0.05, 0.1) is 0 Å². The lowest BCUT2D eigenvalue weighted by atomic mass is 10.1. The predicted octanol–water partition coefficient (Wildman–Crippen LogP) is 0.710. The largest absolute Gasteiger partial charge is 0.304 e. The molecule has 0 unspecified atom stereocenters. The second-order valence-corrected chi connectivity index (χ2v) is 2.12. The number of nitrogens with zero attached hydrogens (tertiary/aromatic N) is 1. The number of hydrogen-bond donors (Lipinski definition) is 0. The molecule has 1 fully saturated rings. The zero-order valence-corrected chi connectivity index (χ0v) is 4.44. The van der Waals surface area contributed by atoms with Crippen molar-refractivity contribution >= 4 is 0 Å². The third-order valence-electron chi connectivity index (χ3n) is 1.65. The Hall–Kier alpha value is -0.0400. The Morgan fingerprint density at radius 1 is 1.67 bits per heavy atom. The molecule has 0 aliphatic carbocycles. The van der Waals surface area contributed by atoms with Gasteiger partial charge in [0.15, 0.2) is 0 Å². The van der Waals surface area contributed by atoms with E-state index in [1.54, 1.807) is 0 Å². The Labute approximate surface area is 39.0 Å². The first kappa shape index (κ1) is 4.13. The molecule has 0 aromatic heterocycles. The molecule has 1 atom stereocenters. The van der Waals surface area contributed by atoms with Gasteiger partial charge in [-0.15, -0.1) is 0 Å². The van der Waals surface area contributed by atoms with E-state index < -0.39 is 0 Å². The summed E-state index contributed by atoms with van der Waals surface area (Å²) in [5.74, 6) is 0. The maximum Gasteiger partial charge on any atom is 0.00760 e. The molecule has 1 aliphatic heterocycles. The summed E-state index contributed by atoms with van der Waals surface area (Å²) in [6.07, 6.45) is 1.40. The summed E-state index contributed by atoms with van der Waals surface area (Å²) in [6, 6.07) is 0.866. The summed E-state index contributed by atoms with van der Waals surface area (Å²) in [5, 5.41) is 0. The lowest BCUT2D eigenvalue weighted by Crippen LogP contribution is -2.41. The van der Waals surface area contributed by atoms with Crippen LogP contribution in [0.4, 0.5) is 0 Å². The number of likely N-dealkylation sites (tertiary alicyclic amines) is 1. The van der Waals surface area contributed by atoms with E-state index in [2.05, 4.69) is 18.9 Å². The van der Waals surface area contributed by atoms with Crippen LogP contribution in [0.5, 0.6) is 0 Å². The van der Waals surface area contributed by atoms with Gasteiger partial charge in [0, 0.05) is 6.04 Å². The zero-order valence-electron chi connectivity index (χ0n) is 4.44. The fourth-order valence-corrected chi connectivity index (χ4v) is 0.645. The Morgan fingerprint density at radius 2 is 2.17 bits per heavy atom.